The quantitative estimate of drug-likeness (QED) is 0.836. The number of nitrogens with one attached hydrogen (secondary N) is 1. The number of amides is 2. The molecular weight excluding hydrogens is 332 g/mol. The number of carboxylic acids is 1. The normalized spacial score (nSPS) is 13.7. The Kier molecular flexibility index (Phi) is 5.31. The topological polar surface area (TPSA) is 86.7 Å². The van der Waals surface area contributed by atoms with E-state index in [4.69, 9.17) is 5.11 Å². The van der Waals surface area contributed by atoms with Gasteiger partial charge in [-0.2, -0.15) is 0 Å². The van der Waals surface area contributed by atoms with Crippen molar-refractivity contribution in [1.29, 1.82) is 0 Å². The maximum atomic E-state index is 12.2. The number of carbonyl (C=O) groups is 3. The van der Waals surface area contributed by atoms with E-state index in [1.165, 1.54) is 24.3 Å². The fraction of sp³-hybridized carbons (Fsp3) is 0.250. The zero-order chi connectivity index (χ0) is 18.5. The van der Waals surface area contributed by atoms with Gasteiger partial charge in [0.1, 0.15) is 0 Å². The Morgan fingerprint density at radius 3 is 2.38 bits per heavy atom. The monoisotopic (exact) mass is 352 g/mol. The lowest BCUT2D eigenvalue weighted by Crippen LogP contribution is -2.24. The van der Waals surface area contributed by atoms with E-state index in [1.807, 2.05) is 29.2 Å². The summed E-state index contributed by atoms with van der Waals surface area (Å²) in [5.74, 6) is -1.10. The van der Waals surface area contributed by atoms with E-state index in [0.717, 1.165) is 24.1 Å². The lowest BCUT2D eigenvalue weighted by atomic mass is 10.1. The number of carbonyl (C=O) groups excluding carboxylic acids is 2. The van der Waals surface area contributed by atoms with E-state index in [-0.39, 0.29) is 17.4 Å². The van der Waals surface area contributed by atoms with Gasteiger partial charge in [-0.05, 0) is 41.8 Å². The largest absolute Gasteiger partial charge is 0.478 e. The molecule has 0 aromatic heterocycles. The van der Waals surface area contributed by atoms with Crippen LogP contribution in [0.1, 0.15) is 44.7 Å². The van der Waals surface area contributed by atoms with Crippen LogP contribution in [0.4, 0.5) is 0 Å². The zero-order valence-electron chi connectivity index (χ0n) is 14.3. The van der Waals surface area contributed by atoms with E-state index in [2.05, 4.69) is 5.32 Å². The predicted octanol–water partition coefficient (Wildman–Crippen LogP) is 2.44. The molecule has 0 aliphatic carbocycles. The van der Waals surface area contributed by atoms with E-state index in [9.17, 15) is 14.4 Å². The van der Waals surface area contributed by atoms with E-state index in [0.29, 0.717) is 25.1 Å². The molecule has 0 radical (unpaired) electrons. The minimum Gasteiger partial charge on any atom is -0.478 e. The minimum absolute atomic E-state index is 0.144. The Balaban J connectivity index is 1.58. The fourth-order valence-corrected chi connectivity index (χ4v) is 2.98. The van der Waals surface area contributed by atoms with Crippen LogP contribution in [0.2, 0.25) is 0 Å². The molecule has 2 aromatic carbocycles. The molecule has 134 valence electrons. The van der Waals surface area contributed by atoms with Crippen LogP contribution in [-0.4, -0.2) is 34.3 Å². The summed E-state index contributed by atoms with van der Waals surface area (Å²) < 4.78 is 0. The van der Waals surface area contributed by atoms with Gasteiger partial charge in [0.2, 0.25) is 5.91 Å². The highest BCUT2D eigenvalue weighted by Crippen LogP contribution is 2.15. The van der Waals surface area contributed by atoms with Crippen LogP contribution >= 0.6 is 0 Å². The molecule has 6 nitrogen and oxygen atoms in total. The molecule has 1 saturated heterocycles. The standard InChI is InChI=1S/C20H20N2O4/c23-18-5-2-10-22(18)13-15-4-1-3-14(11-15)12-21-19(24)16-6-8-17(9-7-16)20(25)26/h1,3-4,6-9,11H,2,5,10,12-13H2,(H,21,24)(H,25,26). The van der Waals surface area contributed by atoms with Crippen molar-refractivity contribution in [3.63, 3.8) is 0 Å². The van der Waals surface area contributed by atoms with Crippen molar-refractivity contribution < 1.29 is 19.5 Å². The summed E-state index contributed by atoms with van der Waals surface area (Å²) in [6.45, 7) is 1.75. The molecule has 2 aromatic rings. The van der Waals surface area contributed by atoms with Gasteiger partial charge >= 0.3 is 5.97 Å². The maximum Gasteiger partial charge on any atom is 0.335 e. The van der Waals surface area contributed by atoms with Crippen LogP contribution in [0.15, 0.2) is 48.5 Å². The first-order chi connectivity index (χ1) is 12.5. The van der Waals surface area contributed by atoms with Gasteiger partial charge in [-0.3, -0.25) is 9.59 Å². The maximum absolute atomic E-state index is 12.2. The highest BCUT2D eigenvalue weighted by Gasteiger charge is 2.19. The molecule has 1 heterocycles. The first-order valence-corrected chi connectivity index (χ1v) is 8.50. The summed E-state index contributed by atoms with van der Waals surface area (Å²) in [4.78, 5) is 36.6. The van der Waals surface area contributed by atoms with Crippen LogP contribution in [-0.2, 0) is 17.9 Å². The predicted molar refractivity (Wildman–Crippen MR) is 95.7 cm³/mol. The number of aromatic carboxylic acids is 1. The number of benzene rings is 2. The third-order valence-corrected chi connectivity index (χ3v) is 4.38. The molecule has 26 heavy (non-hydrogen) atoms. The van der Waals surface area contributed by atoms with Gasteiger partial charge < -0.3 is 15.3 Å². The highest BCUT2D eigenvalue weighted by molar-refractivity contribution is 5.95. The first-order valence-electron chi connectivity index (χ1n) is 8.50. The number of likely N-dealkylation sites (tertiary alicyclic amines) is 1. The van der Waals surface area contributed by atoms with Crippen LogP contribution in [0, 0.1) is 0 Å². The van der Waals surface area contributed by atoms with E-state index >= 15 is 0 Å². The van der Waals surface area contributed by atoms with Crippen molar-refractivity contribution in [2.75, 3.05) is 6.54 Å². The average molecular weight is 352 g/mol. The number of carboxylic acid groups (broad SMARTS) is 1. The minimum atomic E-state index is -1.02. The Morgan fingerprint density at radius 2 is 1.73 bits per heavy atom. The molecule has 6 heteroatoms. The van der Waals surface area contributed by atoms with Gasteiger partial charge in [0.15, 0.2) is 0 Å². The van der Waals surface area contributed by atoms with Crippen molar-refractivity contribution in [3.05, 3.63) is 70.8 Å². The number of hydrogen-bond donors (Lipinski definition) is 2. The molecule has 0 unspecified atom stereocenters. The molecular formula is C20H20N2O4. The van der Waals surface area contributed by atoms with Gasteiger partial charge in [-0.15, -0.1) is 0 Å². The van der Waals surface area contributed by atoms with Crippen molar-refractivity contribution >= 4 is 17.8 Å². The Hall–Kier alpha value is -3.15. The molecule has 1 aliphatic rings. The highest BCUT2D eigenvalue weighted by atomic mass is 16.4. The Bertz CT molecular complexity index is 830. The number of rotatable bonds is 6. The summed E-state index contributed by atoms with van der Waals surface area (Å²) in [5, 5.41) is 11.7. The summed E-state index contributed by atoms with van der Waals surface area (Å²) >= 11 is 0. The van der Waals surface area contributed by atoms with Crippen molar-refractivity contribution in [2.24, 2.45) is 0 Å². The van der Waals surface area contributed by atoms with E-state index in [1.54, 1.807) is 0 Å². The zero-order valence-corrected chi connectivity index (χ0v) is 14.3. The van der Waals surface area contributed by atoms with Gasteiger partial charge in [0.25, 0.3) is 5.91 Å². The lowest BCUT2D eigenvalue weighted by Gasteiger charge is -2.16. The summed E-state index contributed by atoms with van der Waals surface area (Å²) in [5.41, 5.74) is 2.54. The summed E-state index contributed by atoms with van der Waals surface area (Å²) in [6, 6.07) is 13.6. The van der Waals surface area contributed by atoms with Gasteiger partial charge in [-0.1, -0.05) is 24.3 Å². The summed E-state index contributed by atoms with van der Waals surface area (Å²) in [7, 11) is 0. The molecule has 1 aliphatic heterocycles. The van der Waals surface area contributed by atoms with Crippen LogP contribution in [0.25, 0.3) is 0 Å². The number of nitrogens with zero attached hydrogens (tertiary/aromatic N) is 1. The average Bonchev–Trinajstić information content (AvgIpc) is 3.05. The van der Waals surface area contributed by atoms with Crippen molar-refractivity contribution in [2.45, 2.75) is 25.9 Å². The van der Waals surface area contributed by atoms with E-state index < -0.39 is 5.97 Å². The second kappa shape index (κ2) is 7.82. The fourth-order valence-electron chi connectivity index (χ4n) is 2.98. The van der Waals surface area contributed by atoms with Crippen LogP contribution in [0.3, 0.4) is 0 Å². The molecule has 0 atom stereocenters. The first kappa shape index (κ1) is 17.7. The molecule has 2 N–H and O–H groups in total. The molecule has 0 spiro atoms. The van der Waals surface area contributed by atoms with Crippen molar-refractivity contribution in [3.8, 4) is 0 Å². The Labute approximate surface area is 151 Å². The number of hydrogen-bond acceptors (Lipinski definition) is 3. The van der Waals surface area contributed by atoms with Gasteiger partial charge in [-0.25, -0.2) is 4.79 Å². The molecule has 0 bridgehead atoms. The molecule has 3 rings (SSSR count). The second-order valence-electron chi connectivity index (χ2n) is 6.30. The lowest BCUT2D eigenvalue weighted by molar-refractivity contribution is -0.128. The van der Waals surface area contributed by atoms with Crippen molar-refractivity contribution in [1.82, 2.24) is 10.2 Å². The molecule has 2 amide bonds. The third kappa shape index (κ3) is 4.27. The van der Waals surface area contributed by atoms with Gasteiger partial charge in [0, 0.05) is 31.6 Å². The molecule has 0 saturated carbocycles. The molecule has 1 fully saturated rings. The Morgan fingerprint density at radius 1 is 1.04 bits per heavy atom. The second-order valence-corrected chi connectivity index (χ2v) is 6.30. The van der Waals surface area contributed by atoms with Crippen LogP contribution < -0.4 is 5.32 Å². The summed E-state index contributed by atoms with van der Waals surface area (Å²) in [6.07, 6.45) is 1.53. The SMILES string of the molecule is O=C(O)c1ccc(C(=O)NCc2cccc(CN3CCCC3=O)c2)cc1. The smallest absolute Gasteiger partial charge is 0.335 e. The van der Waals surface area contributed by atoms with Gasteiger partial charge in [0.05, 0.1) is 5.56 Å². The third-order valence-electron chi connectivity index (χ3n) is 4.38. The van der Waals surface area contributed by atoms with Crippen LogP contribution in [0.5, 0.6) is 0 Å².